The van der Waals surface area contributed by atoms with Crippen LogP contribution in [0.1, 0.15) is 24.8 Å². The van der Waals surface area contributed by atoms with E-state index >= 15 is 0 Å². The van der Waals surface area contributed by atoms with Crippen LogP contribution in [0.3, 0.4) is 0 Å². The molecule has 0 fully saturated rings. The monoisotopic (exact) mass is 219 g/mol. The lowest BCUT2D eigenvalue weighted by molar-refractivity contribution is -0.144. The van der Waals surface area contributed by atoms with Crippen molar-refractivity contribution in [2.75, 3.05) is 11.9 Å². The van der Waals surface area contributed by atoms with E-state index in [2.05, 4.69) is 5.32 Å². The van der Waals surface area contributed by atoms with E-state index in [1.165, 1.54) is 0 Å². The normalized spacial score (nSPS) is 17.8. The van der Waals surface area contributed by atoms with E-state index in [4.69, 9.17) is 4.74 Å². The Kier molecular flexibility index (Phi) is 2.90. The second kappa shape index (κ2) is 4.35. The quantitative estimate of drug-likeness (QED) is 0.787. The fourth-order valence-electron chi connectivity index (χ4n) is 1.87. The average molecular weight is 219 g/mol. The van der Waals surface area contributed by atoms with Crippen molar-refractivity contribution in [1.82, 2.24) is 0 Å². The van der Waals surface area contributed by atoms with Gasteiger partial charge in [-0.2, -0.15) is 0 Å². The van der Waals surface area contributed by atoms with Crippen LogP contribution in [-0.2, 0) is 14.3 Å². The first-order valence-corrected chi connectivity index (χ1v) is 5.27. The van der Waals surface area contributed by atoms with Crippen LogP contribution < -0.4 is 5.32 Å². The van der Waals surface area contributed by atoms with E-state index < -0.39 is 5.92 Å². The van der Waals surface area contributed by atoms with Gasteiger partial charge in [-0.15, -0.1) is 0 Å². The summed E-state index contributed by atoms with van der Waals surface area (Å²) < 4.78 is 4.85. The van der Waals surface area contributed by atoms with E-state index in [9.17, 15) is 9.59 Å². The minimum Gasteiger partial charge on any atom is -0.466 e. The number of nitrogens with one attached hydrogen (secondary N) is 1. The SMILES string of the molecule is CCOC(=O)C[C@H]1C(=O)Nc2ccccc21. The van der Waals surface area contributed by atoms with Crippen molar-refractivity contribution < 1.29 is 14.3 Å². The number of ether oxygens (including phenoxy) is 1. The summed E-state index contributed by atoms with van der Waals surface area (Å²) in [6.07, 6.45) is 0.108. The summed E-state index contributed by atoms with van der Waals surface area (Å²) in [6.45, 7) is 2.09. The molecule has 0 bridgehead atoms. The number of carbonyl (C=O) groups excluding carboxylic acids is 2. The van der Waals surface area contributed by atoms with Crippen LogP contribution in [0.5, 0.6) is 0 Å². The Bertz CT molecular complexity index is 428. The summed E-state index contributed by atoms with van der Waals surface area (Å²) >= 11 is 0. The summed E-state index contributed by atoms with van der Waals surface area (Å²) in [5.74, 6) is -0.871. The zero-order valence-electron chi connectivity index (χ0n) is 9.03. The second-order valence-electron chi connectivity index (χ2n) is 3.64. The van der Waals surface area contributed by atoms with E-state index in [1.807, 2.05) is 24.3 Å². The zero-order valence-corrected chi connectivity index (χ0v) is 9.03. The van der Waals surface area contributed by atoms with Crippen LogP contribution in [0.2, 0.25) is 0 Å². The Balaban J connectivity index is 2.16. The molecule has 4 nitrogen and oxygen atoms in total. The van der Waals surface area contributed by atoms with Gasteiger partial charge in [-0.25, -0.2) is 0 Å². The van der Waals surface area contributed by atoms with Crippen LogP contribution in [0, 0.1) is 0 Å². The highest BCUT2D eigenvalue weighted by Gasteiger charge is 2.32. The van der Waals surface area contributed by atoms with E-state index in [-0.39, 0.29) is 18.3 Å². The van der Waals surface area contributed by atoms with Crippen LogP contribution in [-0.4, -0.2) is 18.5 Å². The van der Waals surface area contributed by atoms with Crippen LogP contribution in [0.4, 0.5) is 5.69 Å². The predicted octanol–water partition coefficient (Wildman–Crippen LogP) is 1.68. The molecule has 4 heteroatoms. The van der Waals surface area contributed by atoms with Gasteiger partial charge in [-0.05, 0) is 18.6 Å². The van der Waals surface area contributed by atoms with Gasteiger partial charge < -0.3 is 10.1 Å². The molecule has 0 spiro atoms. The molecule has 0 aliphatic carbocycles. The fraction of sp³-hybridized carbons (Fsp3) is 0.333. The third kappa shape index (κ3) is 1.91. The molecular weight excluding hydrogens is 206 g/mol. The number of rotatable bonds is 3. The van der Waals surface area contributed by atoms with Crippen LogP contribution in [0.15, 0.2) is 24.3 Å². The van der Waals surface area contributed by atoms with Gasteiger partial charge in [0.05, 0.1) is 18.9 Å². The molecule has 1 amide bonds. The van der Waals surface area contributed by atoms with Gasteiger partial charge in [0.15, 0.2) is 0 Å². The fourth-order valence-corrected chi connectivity index (χ4v) is 1.87. The first-order valence-electron chi connectivity index (χ1n) is 5.27. The molecule has 1 aromatic rings. The van der Waals surface area contributed by atoms with E-state index in [1.54, 1.807) is 6.92 Å². The molecule has 1 heterocycles. The molecule has 16 heavy (non-hydrogen) atoms. The molecule has 1 aromatic carbocycles. The molecule has 84 valence electrons. The second-order valence-corrected chi connectivity index (χ2v) is 3.64. The van der Waals surface area contributed by atoms with Crippen molar-refractivity contribution in [2.45, 2.75) is 19.3 Å². The highest BCUT2D eigenvalue weighted by Crippen LogP contribution is 2.34. The van der Waals surface area contributed by atoms with Crippen molar-refractivity contribution in [3.63, 3.8) is 0 Å². The number of fused-ring (bicyclic) bond motifs is 1. The minimum atomic E-state index is -0.407. The average Bonchev–Trinajstić information content (AvgIpc) is 2.56. The molecule has 1 N–H and O–H groups in total. The number of benzene rings is 1. The van der Waals surface area contributed by atoms with Crippen molar-refractivity contribution >= 4 is 17.6 Å². The molecule has 1 aliphatic rings. The maximum Gasteiger partial charge on any atom is 0.306 e. The number of carbonyl (C=O) groups is 2. The predicted molar refractivity (Wildman–Crippen MR) is 59.1 cm³/mol. The van der Waals surface area contributed by atoms with Gasteiger partial charge in [-0.1, -0.05) is 18.2 Å². The number of amides is 1. The van der Waals surface area contributed by atoms with Crippen molar-refractivity contribution in [3.8, 4) is 0 Å². The van der Waals surface area contributed by atoms with Crippen LogP contribution >= 0.6 is 0 Å². The molecule has 1 aliphatic heterocycles. The Hall–Kier alpha value is -1.84. The topological polar surface area (TPSA) is 55.4 Å². The standard InChI is InChI=1S/C12H13NO3/c1-2-16-11(14)7-9-8-5-3-4-6-10(8)13-12(9)15/h3-6,9H,2,7H2,1H3,(H,13,15)/t9-/m1/s1. The molecule has 1 atom stereocenters. The maximum absolute atomic E-state index is 11.7. The van der Waals surface area contributed by atoms with Gasteiger partial charge in [-0.3, -0.25) is 9.59 Å². The molecule has 0 unspecified atom stereocenters. The summed E-state index contributed by atoms with van der Waals surface area (Å²) in [5.41, 5.74) is 1.67. The molecule has 2 rings (SSSR count). The smallest absolute Gasteiger partial charge is 0.306 e. The first kappa shape index (κ1) is 10.7. The Morgan fingerprint density at radius 1 is 1.44 bits per heavy atom. The van der Waals surface area contributed by atoms with Gasteiger partial charge in [0.2, 0.25) is 5.91 Å². The number of anilines is 1. The van der Waals surface area contributed by atoms with Gasteiger partial charge in [0.1, 0.15) is 0 Å². The van der Waals surface area contributed by atoms with Crippen molar-refractivity contribution in [3.05, 3.63) is 29.8 Å². The molecule has 0 saturated carbocycles. The summed E-state index contributed by atoms with van der Waals surface area (Å²) in [7, 11) is 0. The first-order chi connectivity index (χ1) is 7.72. The van der Waals surface area contributed by atoms with E-state index in [0.29, 0.717) is 6.61 Å². The summed E-state index contributed by atoms with van der Waals surface area (Å²) in [5, 5.41) is 2.75. The van der Waals surface area contributed by atoms with Crippen molar-refractivity contribution in [2.24, 2.45) is 0 Å². The molecule has 0 radical (unpaired) electrons. The van der Waals surface area contributed by atoms with Gasteiger partial charge in [0.25, 0.3) is 0 Å². The number of esters is 1. The van der Waals surface area contributed by atoms with Gasteiger partial charge in [0, 0.05) is 5.69 Å². The molecular formula is C12H13NO3. The lowest BCUT2D eigenvalue weighted by atomic mass is 9.97. The number of hydrogen-bond acceptors (Lipinski definition) is 3. The Morgan fingerprint density at radius 2 is 2.19 bits per heavy atom. The maximum atomic E-state index is 11.7. The summed E-state index contributed by atoms with van der Waals surface area (Å²) in [4.78, 5) is 23.0. The third-order valence-corrected chi connectivity index (χ3v) is 2.59. The highest BCUT2D eigenvalue weighted by atomic mass is 16.5. The Morgan fingerprint density at radius 3 is 2.94 bits per heavy atom. The van der Waals surface area contributed by atoms with E-state index in [0.717, 1.165) is 11.3 Å². The minimum absolute atomic E-state index is 0.108. The highest BCUT2D eigenvalue weighted by molar-refractivity contribution is 6.04. The molecule has 0 saturated heterocycles. The van der Waals surface area contributed by atoms with Gasteiger partial charge >= 0.3 is 5.97 Å². The third-order valence-electron chi connectivity index (χ3n) is 2.59. The number of para-hydroxylation sites is 1. The molecule has 0 aromatic heterocycles. The zero-order chi connectivity index (χ0) is 11.5. The van der Waals surface area contributed by atoms with Crippen LogP contribution in [0.25, 0.3) is 0 Å². The number of hydrogen-bond donors (Lipinski definition) is 1. The Labute approximate surface area is 93.6 Å². The lowest BCUT2D eigenvalue weighted by Gasteiger charge is -2.07. The lowest BCUT2D eigenvalue weighted by Crippen LogP contribution is -2.17. The largest absolute Gasteiger partial charge is 0.466 e. The summed E-state index contributed by atoms with van der Waals surface area (Å²) in [6, 6.07) is 7.40. The van der Waals surface area contributed by atoms with Crippen molar-refractivity contribution in [1.29, 1.82) is 0 Å².